The highest BCUT2D eigenvalue weighted by Crippen LogP contribution is 2.01. The molecule has 6 heteroatoms. The predicted octanol–water partition coefficient (Wildman–Crippen LogP) is 1.08. The van der Waals surface area contributed by atoms with Gasteiger partial charge >= 0.3 is 0 Å². The Bertz CT molecular complexity index is 309. The standard InChI is InChI=1S/C10H18N.CH4O4S/c1-5-8-11(4,9-6-2)10-7-3;1-5-6(2,3)4/h5-7H,1-3,8-10H2,4H3;1H3,(H,2,3,4)/q+1;/p-1. The second-order valence-electron chi connectivity index (χ2n) is 3.61. The van der Waals surface area contributed by atoms with Gasteiger partial charge in [0.15, 0.2) is 0 Å². The van der Waals surface area contributed by atoms with E-state index in [1.165, 1.54) is 0 Å². The van der Waals surface area contributed by atoms with Gasteiger partial charge in [-0.25, -0.2) is 8.42 Å². The first-order valence-corrected chi connectivity index (χ1v) is 6.25. The molecule has 0 fully saturated rings. The molecule has 0 atom stereocenters. The molecule has 0 saturated heterocycles. The maximum Gasteiger partial charge on any atom is 0.217 e. The quantitative estimate of drug-likeness (QED) is 0.298. The fourth-order valence-corrected chi connectivity index (χ4v) is 1.16. The molecule has 0 amide bonds. The Morgan fingerprint density at radius 3 is 1.47 bits per heavy atom. The molecule has 0 saturated carbocycles. The van der Waals surface area contributed by atoms with E-state index in [4.69, 9.17) is 0 Å². The Labute approximate surface area is 104 Å². The van der Waals surface area contributed by atoms with Gasteiger partial charge in [0.2, 0.25) is 10.4 Å². The van der Waals surface area contributed by atoms with E-state index in [1.54, 1.807) is 0 Å². The predicted molar refractivity (Wildman–Crippen MR) is 68.1 cm³/mol. The zero-order valence-electron chi connectivity index (χ0n) is 10.5. The van der Waals surface area contributed by atoms with Crippen LogP contribution in [0.25, 0.3) is 0 Å². The molecular weight excluding hydrogens is 242 g/mol. The molecule has 0 unspecified atom stereocenters. The normalized spacial score (nSPS) is 11.0. The Morgan fingerprint density at radius 2 is 1.35 bits per heavy atom. The molecule has 5 nitrogen and oxygen atoms in total. The van der Waals surface area contributed by atoms with E-state index in [9.17, 15) is 13.0 Å². The van der Waals surface area contributed by atoms with Gasteiger partial charge in [0.25, 0.3) is 0 Å². The Hall–Kier alpha value is -0.950. The minimum Gasteiger partial charge on any atom is -0.726 e. The van der Waals surface area contributed by atoms with Gasteiger partial charge in [-0.2, -0.15) is 0 Å². The summed E-state index contributed by atoms with van der Waals surface area (Å²) < 4.78 is 31.9. The van der Waals surface area contributed by atoms with Crippen molar-refractivity contribution in [2.24, 2.45) is 0 Å². The molecule has 100 valence electrons. The zero-order valence-corrected chi connectivity index (χ0v) is 11.3. The first-order chi connectivity index (χ1) is 7.74. The van der Waals surface area contributed by atoms with Gasteiger partial charge in [-0.15, -0.1) is 0 Å². The number of quaternary nitrogens is 1. The van der Waals surface area contributed by atoms with E-state index in [0.717, 1.165) is 31.2 Å². The van der Waals surface area contributed by atoms with Crippen LogP contribution >= 0.6 is 0 Å². The van der Waals surface area contributed by atoms with E-state index in [0.29, 0.717) is 0 Å². The van der Waals surface area contributed by atoms with Gasteiger partial charge in [-0.05, 0) is 18.2 Å². The monoisotopic (exact) mass is 263 g/mol. The van der Waals surface area contributed by atoms with Crippen LogP contribution in [0.3, 0.4) is 0 Å². The minimum absolute atomic E-state index is 0.808. The average Bonchev–Trinajstić information content (AvgIpc) is 2.18. The molecule has 0 heterocycles. The highest BCUT2D eigenvalue weighted by atomic mass is 32.3. The minimum atomic E-state index is -4.41. The maximum atomic E-state index is 9.22. The lowest BCUT2D eigenvalue weighted by Crippen LogP contribution is -2.44. The van der Waals surface area contributed by atoms with E-state index in [-0.39, 0.29) is 0 Å². The van der Waals surface area contributed by atoms with Crippen molar-refractivity contribution < 1.29 is 21.6 Å². The fraction of sp³-hybridized carbons (Fsp3) is 0.455. The Kier molecular flexibility index (Phi) is 9.88. The van der Waals surface area contributed by atoms with Gasteiger partial charge in [0.05, 0.1) is 33.8 Å². The van der Waals surface area contributed by atoms with Crippen molar-refractivity contribution in [1.29, 1.82) is 0 Å². The summed E-state index contributed by atoms with van der Waals surface area (Å²) in [6.45, 7) is 14.1. The molecule has 0 aliphatic carbocycles. The average molecular weight is 263 g/mol. The van der Waals surface area contributed by atoms with Crippen LogP contribution in [0.2, 0.25) is 0 Å². The first-order valence-electron chi connectivity index (χ1n) is 4.92. The lowest BCUT2D eigenvalue weighted by atomic mass is 10.3. The van der Waals surface area contributed by atoms with Crippen molar-refractivity contribution in [2.45, 2.75) is 0 Å². The SMILES string of the molecule is C=CC[N+](C)(CC=C)CC=C.COS(=O)(=O)[O-]. The number of rotatable bonds is 7. The molecule has 0 aromatic carbocycles. The number of likely N-dealkylation sites (N-methyl/N-ethyl adjacent to an activating group) is 1. The molecule has 0 rings (SSSR count). The summed E-state index contributed by atoms with van der Waals surface area (Å²) in [4.78, 5) is 0. The highest BCUT2D eigenvalue weighted by molar-refractivity contribution is 7.80. The molecule has 0 aromatic rings. The maximum absolute atomic E-state index is 9.22. The van der Waals surface area contributed by atoms with Crippen LogP contribution in [0.1, 0.15) is 0 Å². The number of hydrogen-bond acceptors (Lipinski definition) is 4. The lowest BCUT2D eigenvalue weighted by molar-refractivity contribution is -0.892. The van der Waals surface area contributed by atoms with Gasteiger partial charge in [0, 0.05) is 0 Å². The molecule has 0 aliphatic rings. The molecule has 0 aliphatic heterocycles. The molecule has 0 spiro atoms. The summed E-state index contributed by atoms with van der Waals surface area (Å²) in [5.41, 5.74) is 0. The number of nitrogens with zero attached hydrogens (tertiary/aromatic N) is 1. The van der Waals surface area contributed by atoms with Gasteiger partial charge in [-0.3, -0.25) is 4.18 Å². The summed E-state index contributed by atoms with van der Waals surface area (Å²) in [6.07, 6.45) is 5.81. The molecular formula is C11H21NO4S. The van der Waals surface area contributed by atoms with Crippen LogP contribution in [0.5, 0.6) is 0 Å². The summed E-state index contributed by atoms with van der Waals surface area (Å²) in [5.74, 6) is 0. The second kappa shape index (κ2) is 9.12. The van der Waals surface area contributed by atoms with Gasteiger partial charge in [0.1, 0.15) is 0 Å². The van der Waals surface area contributed by atoms with Crippen LogP contribution in [-0.4, -0.2) is 51.2 Å². The van der Waals surface area contributed by atoms with Crippen molar-refractivity contribution in [3.8, 4) is 0 Å². The van der Waals surface area contributed by atoms with Crippen molar-refractivity contribution in [1.82, 2.24) is 0 Å². The topological polar surface area (TPSA) is 66.4 Å². The fourth-order valence-electron chi connectivity index (χ4n) is 1.16. The van der Waals surface area contributed by atoms with Crippen molar-refractivity contribution >= 4 is 10.4 Å². The van der Waals surface area contributed by atoms with Crippen molar-refractivity contribution in [3.05, 3.63) is 38.0 Å². The third-order valence-electron chi connectivity index (χ3n) is 1.91. The smallest absolute Gasteiger partial charge is 0.217 e. The summed E-state index contributed by atoms with van der Waals surface area (Å²) in [7, 11) is -1.43. The molecule has 0 aromatic heterocycles. The molecule has 0 bridgehead atoms. The van der Waals surface area contributed by atoms with Gasteiger partial charge < -0.3 is 9.04 Å². The second-order valence-corrected chi connectivity index (χ2v) is 4.76. The summed E-state index contributed by atoms with van der Waals surface area (Å²) in [5, 5.41) is 0. The van der Waals surface area contributed by atoms with Crippen molar-refractivity contribution in [3.63, 3.8) is 0 Å². The Balaban J connectivity index is 0. The van der Waals surface area contributed by atoms with Crippen LogP contribution in [-0.2, 0) is 14.6 Å². The Morgan fingerprint density at radius 1 is 1.12 bits per heavy atom. The molecule has 0 N–H and O–H groups in total. The van der Waals surface area contributed by atoms with Gasteiger partial charge in [-0.1, -0.05) is 19.7 Å². The van der Waals surface area contributed by atoms with Crippen LogP contribution in [0.4, 0.5) is 0 Å². The highest BCUT2D eigenvalue weighted by Gasteiger charge is 2.14. The van der Waals surface area contributed by atoms with E-state index in [2.05, 4.69) is 31.0 Å². The summed E-state index contributed by atoms with van der Waals surface area (Å²) >= 11 is 0. The van der Waals surface area contributed by atoms with E-state index >= 15 is 0 Å². The third-order valence-corrected chi connectivity index (χ3v) is 2.32. The van der Waals surface area contributed by atoms with Crippen molar-refractivity contribution in [2.75, 3.05) is 33.8 Å². The van der Waals surface area contributed by atoms with E-state index in [1.807, 2.05) is 18.2 Å². The largest absolute Gasteiger partial charge is 0.726 e. The molecule has 0 radical (unpaired) electrons. The number of hydrogen-bond donors (Lipinski definition) is 0. The zero-order chi connectivity index (χ0) is 13.9. The van der Waals surface area contributed by atoms with Crippen LogP contribution in [0.15, 0.2) is 38.0 Å². The van der Waals surface area contributed by atoms with Crippen LogP contribution in [0, 0.1) is 0 Å². The summed E-state index contributed by atoms with van der Waals surface area (Å²) in [6, 6.07) is 0. The van der Waals surface area contributed by atoms with Crippen LogP contribution < -0.4 is 0 Å². The first kappa shape index (κ1) is 18.4. The third kappa shape index (κ3) is 13.0. The lowest BCUT2D eigenvalue weighted by Gasteiger charge is -2.30. The van der Waals surface area contributed by atoms with E-state index < -0.39 is 10.4 Å². The molecule has 17 heavy (non-hydrogen) atoms.